The highest BCUT2D eigenvalue weighted by atomic mass is 16.5. The summed E-state index contributed by atoms with van der Waals surface area (Å²) in [6, 6.07) is 12.3. The van der Waals surface area contributed by atoms with E-state index in [0.717, 1.165) is 28.3 Å². The van der Waals surface area contributed by atoms with Crippen LogP contribution in [0.15, 0.2) is 42.6 Å². The summed E-state index contributed by atoms with van der Waals surface area (Å²) in [5, 5.41) is 17.3. The number of aliphatic hydroxyl groups is 1. The van der Waals surface area contributed by atoms with E-state index in [1.807, 2.05) is 24.4 Å². The molecule has 3 aromatic rings. The summed E-state index contributed by atoms with van der Waals surface area (Å²) in [7, 11) is 1.67. The van der Waals surface area contributed by atoms with Gasteiger partial charge in [-0.2, -0.15) is 0 Å². The van der Waals surface area contributed by atoms with Gasteiger partial charge < -0.3 is 9.84 Å². The van der Waals surface area contributed by atoms with Crippen LogP contribution >= 0.6 is 0 Å². The van der Waals surface area contributed by atoms with Crippen molar-refractivity contribution in [2.45, 2.75) is 20.3 Å². The maximum Gasteiger partial charge on any atom is 0.124 e. The van der Waals surface area contributed by atoms with Crippen LogP contribution in [0.5, 0.6) is 5.75 Å². The molecule has 3 rings (SSSR count). The van der Waals surface area contributed by atoms with E-state index < -0.39 is 0 Å². The van der Waals surface area contributed by atoms with Crippen LogP contribution in [-0.2, 0) is 6.42 Å². The second kappa shape index (κ2) is 6.84. The number of nitrogens with zero attached hydrogens (tertiary/aromatic N) is 3. The summed E-state index contributed by atoms with van der Waals surface area (Å²) in [4.78, 5) is 0. The first-order chi connectivity index (χ1) is 11.6. The Morgan fingerprint density at radius 2 is 1.92 bits per heavy atom. The van der Waals surface area contributed by atoms with Gasteiger partial charge in [-0.05, 0) is 42.2 Å². The number of hydrogen-bond acceptors (Lipinski definition) is 4. The van der Waals surface area contributed by atoms with E-state index in [0.29, 0.717) is 6.42 Å². The third-order valence-electron chi connectivity index (χ3n) is 4.17. The molecule has 1 heterocycles. The van der Waals surface area contributed by atoms with Crippen LogP contribution in [0.2, 0.25) is 0 Å². The van der Waals surface area contributed by atoms with Gasteiger partial charge in [0.1, 0.15) is 5.75 Å². The molecule has 0 atom stereocenters. The van der Waals surface area contributed by atoms with E-state index in [1.165, 1.54) is 11.1 Å². The van der Waals surface area contributed by atoms with Gasteiger partial charge in [-0.3, -0.25) is 0 Å². The minimum absolute atomic E-state index is 0.0599. The van der Waals surface area contributed by atoms with E-state index in [9.17, 15) is 0 Å². The molecule has 5 nitrogen and oxygen atoms in total. The fourth-order valence-corrected chi connectivity index (χ4v) is 2.83. The normalized spacial score (nSPS) is 10.8. The molecule has 0 aliphatic rings. The van der Waals surface area contributed by atoms with Gasteiger partial charge in [0.05, 0.1) is 24.7 Å². The van der Waals surface area contributed by atoms with Crippen molar-refractivity contribution in [1.29, 1.82) is 0 Å². The fraction of sp³-hybridized carbons (Fsp3) is 0.263. The highest BCUT2D eigenvalue weighted by Gasteiger charge is 2.13. The Bertz CT molecular complexity index is 856. The summed E-state index contributed by atoms with van der Waals surface area (Å²) in [5.41, 5.74) is 6.22. The summed E-state index contributed by atoms with van der Waals surface area (Å²) in [6.07, 6.45) is 2.33. The van der Waals surface area contributed by atoms with Crippen LogP contribution < -0.4 is 4.74 Å². The van der Waals surface area contributed by atoms with Crippen LogP contribution in [0, 0.1) is 13.8 Å². The first-order valence-corrected chi connectivity index (χ1v) is 7.91. The van der Waals surface area contributed by atoms with Crippen molar-refractivity contribution in [1.82, 2.24) is 15.0 Å². The fourth-order valence-electron chi connectivity index (χ4n) is 2.83. The highest BCUT2D eigenvalue weighted by Crippen LogP contribution is 2.34. The molecule has 24 heavy (non-hydrogen) atoms. The van der Waals surface area contributed by atoms with E-state index >= 15 is 0 Å². The maximum absolute atomic E-state index is 9.04. The standard InChI is InChI=1S/C19H21N3O2/c1-13-6-4-5-7-17(13)18-10-16(11-19(24-3)14(18)2)22-12-15(8-9-23)20-21-22/h4-7,10-12,23H,8-9H2,1-3H3. The number of benzene rings is 2. The van der Waals surface area contributed by atoms with Crippen LogP contribution in [0.25, 0.3) is 16.8 Å². The molecule has 0 saturated carbocycles. The maximum atomic E-state index is 9.04. The van der Waals surface area contributed by atoms with Gasteiger partial charge >= 0.3 is 0 Å². The van der Waals surface area contributed by atoms with Crippen LogP contribution in [0.4, 0.5) is 0 Å². The van der Waals surface area contributed by atoms with Crippen LogP contribution in [0.1, 0.15) is 16.8 Å². The Hall–Kier alpha value is -2.66. The van der Waals surface area contributed by atoms with Crippen molar-refractivity contribution in [3.05, 3.63) is 59.4 Å². The van der Waals surface area contributed by atoms with Crippen LogP contribution in [0.3, 0.4) is 0 Å². The first kappa shape index (κ1) is 16.2. The summed E-state index contributed by atoms with van der Waals surface area (Å²) in [5.74, 6) is 0.810. The summed E-state index contributed by atoms with van der Waals surface area (Å²) in [6.45, 7) is 4.22. The molecule has 0 fully saturated rings. The number of methoxy groups -OCH3 is 1. The number of rotatable bonds is 5. The lowest BCUT2D eigenvalue weighted by Gasteiger charge is -2.15. The summed E-state index contributed by atoms with van der Waals surface area (Å²) < 4.78 is 7.28. The zero-order chi connectivity index (χ0) is 17.1. The lowest BCUT2D eigenvalue weighted by atomic mass is 9.95. The smallest absolute Gasteiger partial charge is 0.124 e. The van der Waals surface area contributed by atoms with Crippen molar-refractivity contribution in [3.8, 4) is 22.6 Å². The lowest BCUT2D eigenvalue weighted by molar-refractivity contribution is 0.298. The van der Waals surface area contributed by atoms with E-state index in [2.05, 4.69) is 42.4 Å². The molecule has 0 amide bonds. The van der Waals surface area contributed by atoms with Gasteiger partial charge in [-0.25, -0.2) is 4.68 Å². The molecule has 0 saturated heterocycles. The molecule has 0 bridgehead atoms. The zero-order valence-corrected chi connectivity index (χ0v) is 14.2. The second-order valence-electron chi connectivity index (χ2n) is 5.76. The number of aromatic nitrogens is 3. The molecule has 5 heteroatoms. The minimum atomic E-state index is 0.0599. The third kappa shape index (κ3) is 3.03. The van der Waals surface area contributed by atoms with Gasteiger partial charge in [-0.15, -0.1) is 5.10 Å². The van der Waals surface area contributed by atoms with Crippen molar-refractivity contribution in [3.63, 3.8) is 0 Å². The minimum Gasteiger partial charge on any atom is -0.496 e. The van der Waals surface area contributed by atoms with Crippen molar-refractivity contribution in [2.75, 3.05) is 13.7 Å². The Kier molecular flexibility index (Phi) is 4.62. The van der Waals surface area contributed by atoms with Gasteiger partial charge in [0.25, 0.3) is 0 Å². The zero-order valence-electron chi connectivity index (χ0n) is 14.2. The second-order valence-corrected chi connectivity index (χ2v) is 5.76. The average Bonchev–Trinajstić information content (AvgIpc) is 3.05. The predicted octanol–water partition coefficient (Wildman–Crippen LogP) is 3.09. The Labute approximate surface area is 141 Å². The molecular weight excluding hydrogens is 302 g/mol. The number of ether oxygens (including phenoxy) is 1. The van der Waals surface area contributed by atoms with Crippen molar-refractivity contribution in [2.24, 2.45) is 0 Å². The van der Waals surface area contributed by atoms with E-state index in [4.69, 9.17) is 9.84 Å². The predicted molar refractivity (Wildman–Crippen MR) is 93.6 cm³/mol. The molecule has 0 aliphatic heterocycles. The number of aryl methyl sites for hydroxylation is 1. The Morgan fingerprint density at radius 3 is 2.62 bits per heavy atom. The van der Waals surface area contributed by atoms with Gasteiger partial charge in [0.15, 0.2) is 0 Å². The first-order valence-electron chi connectivity index (χ1n) is 7.91. The topological polar surface area (TPSA) is 60.2 Å². The van der Waals surface area contributed by atoms with E-state index in [1.54, 1.807) is 11.8 Å². The number of aliphatic hydroxyl groups excluding tert-OH is 1. The molecule has 124 valence electrons. The number of hydrogen-bond donors (Lipinski definition) is 1. The monoisotopic (exact) mass is 323 g/mol. The largest absolute Gasteiger partial charge is 0.496 e. The molecule has 2 aromatic carbocycles. The molecule has 0 aliphatic carbocycles. The molecular formula is C19H21N3O2. The molecule has 1 N–H and O–H groups in total. The van der Waals surface area contributed by atoms with Crippen LogP contribution in [-0.4, -0.2) is 33.8 Å². The quantitative estimate of drug-likeness (QED) is 0.784. The Morgan fingerprint density at radius 1 is 1.12 bits per heavy atom. The van der Waals surface area contributed by atoms with Crippen molar-refractivity contribution >= 4 is 0 Å². The molecule has 0 spiro atoms. The molecule has 0 unspecified atom stereocenters. The Balaban J connectivity index is 2.14. The SMILES string of the molecule is COc1cc(-n2cc(CCO)nn2)cc(-c2ccccc2C)c1C. The average molecular weight is 323 g/mol. The molecule has 0 radical (unpaired) electrons. The summed E-state index contributed by atoms with van der Waals surface area (Å²) >= 11 is 0. The van der Waals surface area contributed by atoms with Crippen molar-refractivity contribution < 1.29 is 9.84 Å². The lowest BCUT2D eigenvalue weighted by Crippen LogP contribution is -2.00. The van der Waals surface area contributed by atoms with Gasteiger partial charge in [0, 0.05) is 19.1 Å². The third-order valence-corrected chi connectivity index (χ3v) is 4.17. The van der Waals surface area contributed by atoms with Gasteiger partial charge in [-0.1, -0.05) is 29.5 Å². The highest BCUT2D eigenvalue weighted by molar-refractivity contribution is 5.75. The van der Waals surface area contributed by atoms with E-state index in [-0.39, 0.29) is 6.61 Å². The molecule has 1 aromatic heterocycles. The van der Waals surface area contributed by atoms with Gasteiger partial charge in [0.2, 0.25) is 0 Å².